The second kappa shape index (κ2) is 3.97. The van der Waals surface area contributed by atoms with E-state index in [0.29, 0.717) is 12.2 Å². The van der Waals surface area contributed by atoms with Crippen LogP contribution in [0.2, 0.25) is 0 Å². The van der Waals surface area contributed by atoms with Crippen molar-refractivity contribution in [3.8, 4) is 0 Å². The summed E-state index contributed by atoms with van der Waals surface area (Å²) >= 11 is 0. The molecule has 1 nitrogen and oxygen atoms in total. The fraction of sp³-hybridized carbons (Fsp3) is 1.00. The van der Waals surface area contributed by atoms with Gasteiger partial charge in [0.1, 0.15) is 0 Å². The van der Waals surface area contributed by atoms with Crippen LogP contribution in [0, 0.1) is 0 Å². The Kier molecular flexibility index (Phi) is 3.20. The molecular weight excluding hydrogens is 124 g/mol. The summed E-state index contributed by atoms with van der Waals surface area (Å²) in [5, 5.41) is 0. The van der Waals surface area contributed by atoms with Gasteiger partial charge in [0.25, 0.3) is 0 Å². The van der Waals surface area contributed by atoms with Crippen LogP contribution < -0.4 is 0 Å². The molecule has 1 aliphatic rings. The normalized spacial score (nSPS) is 30.6. The first kappa shape index (κ1) is 8.06. The molecule has 10 heavy (non-hydrogen) atoms. The summed E-state index contributed by atoms with van der Waals surface area (Å²) in [5.41, 5.74) is 0. The minimum absolute atomic E-state index is 0.571. The van der Waals surface area contributed by atoms with Gasteiger partial charge in [-0.25, -0.2) is 0 Å². The molecule has 1 heterocycles. The second-order valence-corrected chi connectivity index (χ2v) is 3.23. The monoisotopic (exact) mass is 142 g/mol. The average Bonchev–Trinajstić information content (AvgIpc) is 2.60. The lowest BCUT2D eigenvalue weighted by molar-refractivity contribution is 0.365. The van der Waals surface area contributed by atoms with Gasteiger partial charge in [0.2, 0.25) is 0 Å². The first-order valence-electron chi connectivity index (χ1n) is 4.50. The molecule has 0 aliphatic carbocycles. The standard InChI is InChI=1S/C9H18O/c1-3-4-5-6-7-9-8(2)10-9/h8-9H,3-7H2,1-2H3/t8-,9+/m1/s1. The van der Waals surface area contributed by atoms with Crippen LogP contribution in [-0.4, -0.2) is 12.2 Å². The van der Waals surface area contributed by atoms with E-state index in [4.69, 9.17) is 4.74 Å². The number of rotatable bonds is 5. The van der Waals surface area contributed by atoms with E-state index >= 15 is 0 Å². The Morgan fingerprint density at radius 2 is 1.90 bits per heavy atom. The zero-order valence-corrected chi connectivity index (χ0v) is 7.10. The van der Waals surface area contributed by atoms with Gasteiger partial charge in [-0.15, -0.1) is 0 Å². The lowest BCUT2D eigenvalue weighted by Crippen LogP contribution is -1.88. The van der Waals surface area contributed by atoms with E-state index < -0.39 is 0 Å². The van der Waals surface area contributed by atoms with Crippen LogP contribution in [-0.2, 0) is 4.74 Å². The number of epoxide rings is 1. The molecule has 0 saturated carbocycles. The lowest BCUT2D eigenvalue weighted by Gasteiger charge is -1.94. The molecule has 0 aromatic carbocycles. The van der Waals surface area contributed by atoms with E-state index in [2.05, 4.69) is 13.8 Å². The molecule has 0 aromatic heterocycles. The topological polar surface area (TPSA) is 12.5 Å². The van der Waals surface area contributed by atoms with Crippen LogP contribution >= 0.6 is 0 Å². The van der Waals surface area contributed by atoms with Crippen LogP contribution in [0.4, 0.5) is 0 Å². The van der Waals surface area contributed by atoms with E-state index in [1.807, 2.05) is 0 Å². The minimum atomic E-state index is 0.571. The van der Waals surface area contributed by atoms with Crippen LogP contribution in [0.3, 0.4) is 0 Å². The maximum Gasteiger partial charge on any atom is 0.0839 e. The van der Waals surface area contributed by atoms with Gasteiger partial charge < -0.3 is 4.74 Å². The van der Waals surface area contributed by atoms with E-state index in [-0.39, 0.29) is 0 Å². The molecule has 0 aromatic rings. The highest BCUT2D eigenvalue weighted by atomic mass is 16.6. The van der Waals surface area contributed by atoms with E-state index in [1.54, 1.807) is 0 Å². The second-order valence-electron chi connectivity index (χ2n) is 3.23. The molecule has 1 saturated heterocycles. The molecule has 1 fully saturated rings. The smallest absolute Gasteiger partial charge is 0.0839 e. The highest BCUT2D eigenvalue weighted by Gasteiger charge is 2.32. The summed E-state index contributed by atoms with van der Waals surface area (Å²) in [4.78, 5) is 0. The van der Waals surface area contributed by atoms with Gasteiger partial charge in [0, 0.05) is 0 Å². The number of hydrogen-bond donors (Lipinski definition) is 0. The fourth-order valence-corrected chi connectivity index (χ4v) is 1.31. The van der Waals surface area contributed by atoms with Crippen molar-refractivity contribution < 1.29 is 4.74 Å². The van der Waals surface area contributed by atoms with E-state index in [1.165, 1.54) is 32.1 Å². The van der Waals surface area contributed by atoms with Crippen molar-refractivity contribution in [1.82, 2.24) is 0 Å². The zero-order chi connectivity index (χ0) is 7.40. The molecule has 1 rings (SSSR count). The predicted octanol–water partition coefficient (Wildman–Crippen LogP) is 2.74. The molecule has 0 radical (unpaired) electrons. The number of ether oxygens (including phenoxy) is 1. The highest BCUT2D eigenvalue weighted by Crippen LogP contribution is 2.26. The van der Waals surface area contributed by atoms with Gasteiger partial charge in [0.05, 0.1) is 12.2 Å². The number of hydrogen-bond acceptors (Lipinski definition) is 1. The Morgan fingerprint density at radius 1 is 1.20 bits per heavy atom. The van der Waals surface area contributed by atoms with Gasteiger partial charge in [-0.3, -0.25) is 0 Å². The molecule has 0 unspecified atom stereocenters. The molecule has 0 N–H and O–H groups in total. The third kappa shape index (κ3) is 2.70. The Morgan fingerprint density at radius 3 is 2.40 bits per heavy atom. The summed E-state index contributed by atoms with van der Waals surface area (Å²) in [6.07, 6.45) is 7.97. The minimum Gasteiger partial charge on any atom is -0.370 e. The SMILES string of the molecule is CCCCCC[C@@H]1O[C@@H]1C. The molecular formula is C9H18O. The van der Waals surface area contributed by atoms with Gasteiger partial charge in [-0.05, 0) is 13.3 Å². The van der Waals surface area contributed by atoms with Crippen molar-refractivity contribution in [1.29, 1.82) is 0 Å². The third-order valence-electron chi connectivity index (χ3n) is 2.18. The Labute approximate surface area is 63.8 Å². The van der Waals surface area contributed by atoms with Crippen molar-refractivity contribution in [2.45, 2.75) is 58.2 Å². The van der Waals surface area contributed by atoms with Gasteiger partial charge in [-0.1, -0.05) is 32.6 Å². The van der Waals surface area contributed by atoms with Gasteiger partial charge in [0.15, 0.2) is 0 Å². The highest BCUT2D eigenvalue weighted by molar-refractivity contribution is 4.79. The molecule has 60 valence electrons. The predicted molar refractivity (Wildman–Crippen MR) is 43.1 cm³/mol. The first-order valence-corrected chi connectivity index (χ1v) is 4.50. The molecule has 2 atom stereocenters. The summed E-state index contributed by atoms with van der Waals surface area (Å²) in [7, 11) is 0. The molecule has 1 heteroatoms. The Bertz CT molecular complexity index is 90.7. The fourth-order valence-electron chi connectivity index (χ4n) is 1.31. The van der Waals surface area contributed by atoms with Crippen molar-refractivity contribution >= 4 is 0 Å². The van der Waals surface area contributed by atoms with Crippen molar-refractivity contribution in [3.05, 3.63) is 0 Å². The Balaban J connectivity index is 1.78. The summed E-state index contributed by atoms with van der Waals surface area (Å²) in [6.45, 7) is 4.40. The van der Waals surface area contributed by atoms with E-state index in [9.17, 15) is 0 Å². The van der Waals surface area contributed by atoms with E-state index in [0.717, 1.165) is 0 Å². The quantitative estimate of drug-likeness (QED) is 0.425. The lowest BCUT2D eigenvalue weighted by atomic mass is 10.1. The number of unbranched alkanes of at least 4 members (excludes halogenated alkanes) is 3. The zero-order valence-electron chi connectivity index (χ0n) is 7.10. The van der Waals surface area contributed by atoms with Crippen LogP contribution in [0.1, 0.15) is 46.0 Å². The molecule has 0 amide bonds. The molecule has 1 aliphatic heterocycles. The largest absolute Gasteiger partial charge is 0.370 e. The van der Waals surface area contributed by atoms with Gasteiger partial charge >= 0.3 is 0 Å². The first-order chi connectivity index (χ1) is 4.84. The average molecular weight is 142 g/mol. The summed E-state index contributed by atoms with van der Waals surface area (Å²) in [5.74, 6) is 0. The van der Waals surface area contributed by atoms with Crippen LogP contribution in [0.15, 0.2) is 0 Å². The summed E-state index contributed by atoms with van der Waals surface area (Å²) < 4.78 is 5.30. The van der Waals surface area contributed by atoms with Crippen LogP contribution in [0.25, 0.3) is 0 Å². The maximum atomic E-state index is 5.30. The maximum absolute atomic E-state index is 5.30. The van der Waals surface area contributed by atoms with Crippen LogP contribution in [0.5, 0.6) is 0 Å². The third-order valence-corrected chi connectivity index (χ3v) is 2.18. The molecule has 0 spiro atoms. The van der Waals surface area contributed by atoms with Crippen molar-refractivity contribution in [2.75, 3.05) is 0 Å². The Hall–Kier alpha value is -0.0400. The van der Waals surface area contributed by atoms with Crippen molar-refractivity contribution in [3.63, 3.8) is 0 Å². The van der Waals surface area contributed by atoms with Crippen molar-refractivity contribution in [2.24, 2.45) is 0 Å². The molecule has 0 bridgehead atoms. The van der Waals surface area contributed by atoms with Gasteiger partial charge in [-0.2, -0.15) is 0 Å². The summed E-state index contributed by atoms with van der Waals surface area (Å²) in [6, 6.07) is 0.